The van der Waals surface area contributed by atoms with Crippen LogP contribution in [0.1, 0.15) is 15.9 Å². The van der Waals surface area contributed by atoms with E-state index in [1.807, 2.05) is 24.3 Å². The first-order valence-electron chi connectivity index (χ1n) is 9.80. The summed E-state index contributed by atoms with van der Waals surface area (Å²) in [6.45, 7) is 0.197. The first kappa shape index (κ1) is 24.9. The summed E-state index contributed by atoms with van der Waals surface area (Å²) in [5, 5.41) is 3.21. The van der Waals surface area contributed by atoms with Crippen molar-refractivity contribution >= 4 is 44.8 Å². The topological polar surface area (TPSA) is 93.7 Å². The minimum Gasteiger partial charge on any atom is -0.497 e. The Labute approximate surface area is 202 Å². The number of sulfonamides is 1. The minimum atomic E-state index is -3.83. The fourth-order valence-corrected chi connectivity index (χ4v) is 4.57. The molecule has 10 heteroatoms. The number of amides is 1. The second kappa shape index (κ2) is 10.9. The van der Waals surface area contributed by atoms with Gasteiger partial charge >= 0.3 is 0 Å². The lowest BCUT2D eigenvalue weighted by molar-refractivity contribution is 0.102. The Hall–Kier alpha value is -2.78. The molecular formula is C23H22Cl2N2O5S. The van der Waals surface area contributed by atoms with Crippen LogP contribution >= 0.6 is 23.2 Å². The number of ether oxygens (including phenoxy) is 2. The van der Waals surface area contributed by atoms with E-state index in [2.05, 4.69) is 10.0 Å². The summed E-state index contributed by atoms with van der Waals surface area (Å²) in [7, 11) is -0.830. The van der Waals surface area contributed by atoms with Crippen LogP contribution in [0.2, 0.25) is 10.0 Å². The van der Waals surface area contributed by atoms with Gasteiger partial charge in [-0.1, -0.05) is 35.3 Å². The lowest BCUT2D eigenvalue weighted by Gasteiger charge is -2.14. The van der Waals surface area contributed by atoms with Gasteiger partial charge in [0.25, 0.3) is 5.91 Å². The van der Waals surface area contributed by atoms with Crippen molar-refractivity contribution in [3.63, 3.8) is 0 Å². The smallest absolute Gasteiger partial charge is 0.257 e. The molecular weight excluding hydrogens is 487 g/mol. The third-order valence-corrected chi connectivity index (χ3v) is 6.78. The van der Waals surface area contributed by atoms with Crippen LogP contribution in [0.25, 0.3) is 0 Å². The summed E-state index contributed by atoms with van der Waals surface area (Å²) in [4.78, 5) is 12.7. The van der Waals surface area contributed by atoms with Crippen LogP contribution in [0.3, 0.4) is 0 Å². The van der Waals surface area contributed by atoms with Crippen molar-refractivity contribution in [2.24, 2.45) is 0 Å². The SMILES string of the molecule is COc1ccc(CCNS(=O)(=O)c2ccc(OC)c(NC(=O)c3ccc(Cl)cc3Cl)c2)cc1. The van der Waals surface area contributed by atoms with Crippen molar-refractivity contribution in [3.05, 3.63) is 81.8 Å². The van der Waals surface area contributed by atoms with Gasteiger partial charge in [-0.3, -0.25) is 4.79 Å². The summed E-state index contributed by atoms with van der Waals surface area (Å²) in [6.07, 6.45) is 0.498. The van der Waals surface area contributed by atoms with Crippen LogP contribution in [0.5, 0.6) is 11.5 Å². The van der Waals surface area contributed by atoms with Crippen molar-refractivity contribution in [3.8, 4) is 11.5 Å². The van der Waals surface area contributed by atoms with Crippen molar-refractivity contribution in [2.75, 3.05) is 26.1 Å². The van der Waals surface area contributed by atoms with Gasteiger partial charge in [-0.25, -0.2) is 13.1 Å². The van der Waals surface area contributed by atoms with Crippen molar-refractivity contribution < 1.29 is 22.7 Å². The number of benzene rings is 3. The first-order chi connectivity index (χ1) is 15.7. The second-order valence-electron chi connectivity index (χ2n) is 6.94. The van der Waals surface area contributed by atoms with Gasteiger partial charge in [-0.05, 0) is 60.5 Å². The van der Waals surface area contributed by atoms with Crippen LogP contribution < -0.4 is 19.5 Å². The molecule has 0 atom stereocenters. The van der Waals surface area contributed by atoms with Gasteiger partial charge in [0.15, 0.2) is 0 Å². The Kier molecular flexibility index (Phi) is 8.20. The molecule has 0 aliphatic carbocycles. The zero-order chi connectivity index (χ0) is 24.0. The number of carbonyl (C=O) groups is 1. The number of hydrogen-bond donors (Lipinski definition) is 2. The van der Waals surface area contributed by atoms with E-state index in [9.17, 15) is 13.2 Å². The molecule has 0 radical (unpaired) electrons. The highest BCUT2D eigenvalue weighted by molar-refractivity contribution is 7.89. The molecule has 0 fully saturated rings. The molecule has 0 aromatic heterocycles. The van der Waals surface area contributed by atoms with Crippen LogP contribution in [-0.2, 0) is 16.4 Å². The van der Waals surface area contributed by atoms with Gasteiger partial charge in [0.1, 0.15) is 11.5 Å². The molecule has 0 bridgehead atoms. The van der Waals surface area contributed by atoms with E-state index in [0.29, 0.717) is 17.2 Å². The molecule has 0 aliphatic heterocycles. The molecule has 0 unspecified atom stereocenters. The molecule has 2 N–H and O–H groups in total. The summed E-state index contributed by atoms with van der Waals surface area (Å²) in [6, 6.07) is 16.0. The quantitative estimate of drug-likeness (QED) is 0.433. The highest BCUT2D eigenvalue weighted by Gasteiger charge is 2.19. The van der Waals surface area contributed by atoms with Gasteiger partial charge in [0, 0.05) is 11.6 Å². The van der Waals surface area contributed by atoms with Gasteiger partial charge in [-0.2, -0.15) is 0 Å². The normalized spacial score (nSPS) is 11.2. The molecule has 7 nitrogen and oxygen atoms in total. The third-order valence-electron chi connectivity index (χ3n) is 4.77. The van der Waals surface area contributed by atoms with Gasteiger partial charge in [0.05, 0.1) is 35.4 Å². The molecule has 0 aliphatic rings. The molecule has 3 rings (SSSR count). The van der Waals surface area contributed by atoms with Crippen LogP contribution in [0.4, 0.5) is 5.69 Å². The monoisotopic (exact) mass is 508 g/mol. The fraction of sp³-hybridized carbons (Fsp3) is 0.174. The van der Waals surface area contributed by atoms with E-state index in [1.165, 1.54) is 43.5 Å². The molecule has 174 valence electrons. The van der Waals surface area contributed by atoms with Crippen molar-refractivity contribution in [2.45, 2.75) is 11.3 Å². The number of rotatable bonds is 9. The Morgan fingerprint density at radius 1 is 0.939 bits per heavy atom. The minimum absolute atomic E-state index is 0.0180. The third kappa shape index (κ3) is 6.39. The summed E-state index contributed by atoms with van der Waals surface area (Å²) in [5.41, 5.74) is 1.33. The molecule has 33 heavy (non-hydrogen) atoms. The number of nitrogens with one attached hydrogen (secondary N) is 2. The maximum absolute atomic E-state index is 12.8. The van der Waals surface area contributed by atoms with Crippen molar-refractivity contribution in [1.29, 1.82) is 0 Å². The van der Waals surface area contributed by atoms with E-state index in [0.717, 1.165) is 11.3 Å². The average molecular weight is 509 g/mol. The number of halogens is 2. The Balaban J connectivity index is 1.74. The zero-order valence-electron chi connectivity index (χ0n) is 17.9. The van der Waals surface area contributed by atoms with Crippen LogP contribution in [0.15, 0.2) is 65.6 Å². The molecule has 0 spiro atoms. The Morgan fingerprint density at radius 2 is 1.67 bits per heavy atom. The predicted molar refractivity (Wildman–Crippen MR) is 129 cm³/mol. The molecule has 0 heterocycles. The Morgan fingerprint density at radius 3 is 2.30 bits per heavy atom. The average Bonchev–Trinajstić information content (AvgIpc) is 2.79. The molecule has 0 saturated heterocycles. The van der Waals surface area contributed by atoms with E-state index in [1.54, 1.807) is 7.11 Å². The van der Waals surface area contributed by atoms with Gasteiger partial charge in [-0.15, -0.1) is 0 Å². The fourth-order valence-electron chi connectivity index (χ4n) is 3.02. The molecule has 3 aromatic carbocycles. The highest BCUT2D eigenvalue weighted by Crippen LogP contribution is 2.29. The second-order valence-corrected chi connectivity index (χ2v) is 9.55. The van der Waals surface area contributed by atoms with Crippen molar-refractivity contribution in [1.82, 2.24) is 4.72 Å². The predicted octanol–water partition coefficient (Wildman–Crippen LogP) is 4.78. The summed E-state index contributed by atoms with van der Waals surface area (Å²) < 4.78 is 38.6. The number of methoxy groups -OCH3 is 2. The number of carbonyl (C=O) groups excluding carboxylic acids is 1. The molecule has 0 saturated carbocycles. The van der Waals surface area contributed by atoms with E-state index < -0.39 is 15.9 Å². The van der Waals surface area contributed by atoms with Crippen LogP contribution in [0, 0.1) is 0 Å². The number of anilines is 1. The number of hydrogen-bond acceptors (Lipinski definition) is 5. The summed E-state index contributed by atoms with van der Waals surface area (Å²) >= 11 is 12.0. The zero-order valence-corrected chi connectivity index (χ0v) is 20.2. The largest absolute Gasteiger partial charge is 0.497 e. The lowest BCUT2D eigenvalue weighted by Crippen LogP contribution is -2.26. The summed E-state index contributed by atoms with van der Waals surface area (Å²) in [5.74, 6) is 0.495. The molecule has 3 aromatic rings. The lowest BCUT2D eigenvalue weighted by atomic mass is 10.1. The van der Waals surface area contributed by atoms with E-state index in [-0.39, 0.29) is 27.7 Å². The first-order valence-corrected chi connectivity index (χ1v) is 12.0. The van der Waals surface area contributed by atoms with Crippen LogP contribution in [-0.4, -0.2) is 35.1 Å². The maximum atomic E-state index is 12.8. The Bertz CT molecular complexity index is 1250. The van der Waals surface area contributed by atoms with Gasteiger partial charge < -0.3 is 14.8 Å². The molecule has 1 amide bonds. The highest BCUT2D eigenvalue weighted by atomic mass is 35.5. The van der Waals surface area contributed by atoms with E-state index >= 15 is 0 Å². The standard InChI is InChI=1S/C23H22Cl2N2O5S/c1-31-17-6-3-15(4-7-17)11-12-26-33(29,30)18-8-10-22(32-2)21(14-18)27-23(28)19-9-5-16(24)13-20(19)25/h3-10,13-14,26H,11-12H2,1-2H3,(H,27,28). The van der Waals surface area contributed by atoms with E-state index in [4.69, 9.17) is 32.7 Å². The van der Waals surface area contributed by atoms with Gasteiger partial charge in [0.2, 0.25) is 10.0 Å². The maximum Gasteiger partial charge on any atom is 0.257 e.